The van der Waals surface area contributed by atoms with E-state index in [1.54, 1.807) is 31.2 Å². The summed E-state index contributed by atoms with van der Waals surface area (Å²) in [6.45, 7) is 1.94. The predicted octanol–water partition coefficient (Wildman–Crippen LogP) is 4.18. The number of carbonyl (C=O) groups excluding carboxylic acids is 2. The fraction of sp³-hybridized carbons (Fsp3) is 0.333. The Labute approximate surface area is 170 Å². The molecule has 0 aliphatic carbocycles. The monoisotopic (exact) mass is 420 g/mol. The molecule has 3 atom stereocenters. The number of hydrogen-bond donors (Lipinski definition) is 0. The molecule has 2 aliphatic rings. The van der Waals surface area contributed by atoms with Crippen molar-refractivity contribution < 1.29 is 32.3 Å². The highest BCUT2D eigenvalue weighted by Crippen LogP contribution is 2.44. The van der Waals surface area contributed by atoms with Crippen molar-refractivity contribution >= 4 is 17.7 Å². The number of benzene rings is 2. The topological polar surface area (TPSA) is 59.1 Å². The van der Waals surface area contributed by atoms with Gasteiger partial charge >= 0.3 is 12.3 Å². The Morgan fingerprint density at radius 2 is 1.73 bits per heavy atom. The van der Waals surface area contributed by atoms with Gasteiger partial charge in [0, 0.05) is 0 Å². The molecule has 2 aromatic rings. The molecule has 2 aliphatic heterocycles. The third-order valence-corrected chi connectivity index (χ3v) is 5.28. The molecular weight excluding hydrogens is 401 g/mol. The van der Waals surface area contributed by atoms with Crippen LogP contribution in [0.15, 0.2) is 54.6 Å². The zero-order valence-corrected chi connectivity index (χ0v) is 16.0. The Bertz CT molecular complexity index is 934. The highest BCUT2D eigenvalue weighted by atomic mass is 19.4. The lowest BCUT2D eigenvalue weighted by atomic mass is 9.88. The van der Waals surface area contributed by atoms with Crippen LogP contribution in [0.2, 0.25) is 0 Å². The number of hydroxylamine groups is 1. The number of halogens is 3. The zero-order valence-electron chi connectivity index (χ0n) is 16.0. The molecule has 0 unspecified atom stereocenters. The predicted molar refractivity (Wildman–Crippen MR) is 100 cm³/mol. The minimum absolute atomic E-state index is 0.111. The maximum atomic E-state index is 13.2. The smallest absolute Gasteiger partial charge is 0.416 e. The maximum absolute atomic E-state index is 13.2. The van der Waals surface area contributed by atoms with Gasteiger partial charge in [0.1, 0.15) is 6.61 Å². The van der Waals surface area contributed by atoms with E-state index in [0.29, 0.717) is 11.3 Å². The second-order valence-corrected chi connectivity index (χ2v) is 7.17. The molecule has 4 rings (SSSR count). The number of para-hydroxylation sites is 1. The van der Waals surface area contributed by atoms with Crippen LogP contribution < -0.4 is 5.06 Å². The summed E-state index contributed by atoms with van der Waals surface area (Å²) in [4.78, 5) is 32.1. The minimum atomic E-state index is -4.47. The first kappa shape index (κ1) is 20.2. The number of rotatable bonds is 3. The molecule has 6 nitrogen and oxygen atoms in total. The third-order valence-electron chi connectivity index (χ3n) is 5.28. The van der Waals surface area contributed by atoms with E-state index in [4.69, 9.17) is 9.57 Å². The van der Waals surface area contributed by atoms with Gasteiger partial charge in [-0.05, 0) is 36.8 Å². The van der Waals surface area contributed by atoms with Crippen LogP contribution in [0.1, 0.15) is 24.1 Å². The lowest BCUT2D eigenvalue weighted by molar-refractivity contribution is -0.137. The van der Waals surface area contributed by atoms with Gasteiger partial charge in [-0.15, -0.1) is 0 Å². The van der Waals surface area contributed by atoms with E-state index in [1.165, 1.54) is 17.2 Å². The zero-order chi connectivity index (χ0) is 21.5. The summed E-state index contributed by atoms with van der Waals surface area (Å²) in [7, 11) is 0. The molecule has 0 bridgehead atoms. The molecule has 0 spiro atoms. The van der Waals surface area contributed by atoms with Gasteiger partial charge in [-0.1, -0.05) is 30.3 Å². The summed E-state index contributed by atoms with van der Waals surface area (Å²) in [6.07, 6.45) is -5.80. The average Bonchev–Trinajstić information content (AvgIpc) is 3.30. The number of imide groups is 1. The average molecular weight is 420 g/mol. The van der Waals surface area contributed by atoms with Crippen molar-refractivity contribution in [2.24, 2.45) is 5.92 Å². The Kier molecular flexibility index (Phi) is 5.15. The Morgan fingerprint density at radius 1 is 1.07 bits per heavy atom. The first-order valence-corrected chi connectivity index (χ1v) is 9.43. The van der Waals surface area contributed by atoms with Crippen LogP contribution in [0, 0.1) is 5.92 Å². The SMILES string of the molecule is C[C@@H]1ON(c2ccccc2)[C@H](c2ccc(C(F)(F)F)cc2)[C@H]1C(=O)N1CCOC1=O. The summed E-state index contributed by atoms with van der Waals surface area (Å²) in [5, 5.41) is 1.53. The van der Waals surface area contributed by atoms with Crippen LogP contribution in [0.25, 0.3) is 0 Å². The lowest BCUT2D eigenvalue weighted by Gasteiger charge is -2.28. The van der Waals surface area contributed by atoms with Crippen molar-refractivity contribution in [3.8, 4) is 0 Å². The molecule has 30 heavy (non-hydrogen) atoms. The minimum Gasteiger partial charge on any atom is -0.447 e. The molecule has 2 saturated heterocycles. The number of anilines is 1. The molecule has 2 heterocycles. The van der Waals surface area contributed by atoms with Crippen LogP contribution in [-0.4, -0.2) is 36.2 Å². The Balaban J connectivity index is 1.74. The van der Waals surface area contributed by atoms with Crippen molar-refractivity contribution in [2.75, 3.05) is 18.2 Å². The molecular formula is C21H19F3N2O4. The molecule has 0 N–H and O–H groups in total. The van der Waals surface area contributed by atoms with Gasteiger partial charge in [-0.25, -0.2) is 14.8 Å². The Hall–Kier alpha value is -3.07. The lowest BCUT2D eigenvalue weighted by Crippen LogP contribution is -2.41. The van der Waals surface area contributed by atoms with Gasteiger partial charge in [0.15, 0.2) is 0 Å². The van der Waals surface area contributed by atoms with Gasteiger partial charge in [-0.3, -0.25) is 9.63 Å². The second kappa shape index (κ2) is 7.64. The fourth-order valence-electron chi connectivity index (χ4n) is 3.83. The summed E-state index contributed by atoms with van der Waals surface area (Å²) in [5.41, 5.74) is 0.339. The summed E-state index contributed by atoms with van der Waals surface area (Å²) in [5.74, 6) is -1.29. The van der Waals surface area contributed by atoms with Crippen LogP contribution in [0.4, 0.5) is 23.7 Å². The van der Waals surface area contributed by atoms with Crippen molar-refractivity contribution in [1.82, 2.24) is 4.90 Å². The van der Waals surface area contributed by atoms with Gasteiger partial charge < -0.3 is 4.74 Å². The van der Waals surface area contributed by atoms with Crippen LogP contribution in [-0.2, 0) is 20.5 Å². The van der Waals surface area contributed by atoms with Crippen molar-refractivity contribution in [1.29, 1.82) is 0 Å². The van der Waals surface area contributed by atoms with Gasteiger partial charge in [0.25, 0.3) is 0 Å². The highest BCUT2D eigenvalue weighted by Gasteiger charge is 2.50. The van der Waals surface area contributed by atoms with Crippen molar-refractivity contribution in [2.45, 2.75) is 25.2 Å². The maximum Gasteiger partial charge on any atom is 0.416 e. The molecule has 0 saturated carbocycles. The van der Waals surface area contributed by atoms with Crippen LogP contribution in [0.5, 0.6) is 0 Å². The molecule has 2 amide bonds. The normalized spacial score (nSPS) is 24.3. The number of cyclic esters (lactones) is 1. The molecule has 0 radical (unpaired) electrons. The van der Waals surface area contributed by atoms with Gasteiger partial charge in [0.05, 0.1) is 35.9 Å². The Morgan fingerprint density at radius 3 is 2.30 bits per heavy atom. The molecule has 0 aromatic heterocycles. The summed E-state index contributed by atoms with van der Waals surface area (Å²) >= 11 is 0. The van der Waals surface area contributed by atoms with Crippen LogP contribution in [0.3, 0.4) is 0 Å². The van der Waals surface area contributed by atoms with E-state index in [9.17, 15) is 22.8 Å². The number of carbonyl (C=O) groups is 2. The number of ether oxygens (including phenoxy) is 1. The summed E-state index contributed by atoms with van der Waals surface area (Å²) in [6, 6.07) is 12.9. The van der Waals surface area contributed by atoms with Gasteiger partial charge in [0.2, 0.25) is 5.91 Å². The number of nitrogens with zero attached hydrogens (tertiary/aromatic N) is 2. The van der Waals surface area contributed by atoms with E-state index >= 15 is 0 Å². The van der Waals surface area contributed by atoms with Crippen molar-refractivity contribution in [3.05, 3.63) is 65.7 Å². The first-order chi connectivity index (χ1) is 14.3. The van der Waals surface area contributed by atoms with E-state index in [-0.39, 0.29) is 13.2 Å². The number of alkyl halides is 3. The number of hydrogen-bond acceptors (Lipinski definition) is 5. The largest absolute Gasteiger partial charge is 0.447 e. The standard InChI is InChI=1S/C21H19F3N2O4/c1-13-17(19(27)25-11-12-29-20(25)28)18(26(30-13)16-5-3-2-4-6-16)14-7-9-15(10-8-14)21(22,23)24/h2-10,13,17-18H,11-12H2,1H3/t13-,17-,18+/m0/s1. The fourth-order valence-corrected chi connectivity index (χ4v) is 3.83. The highest BCUT2D eigenvalue weighted by molar-refractivity contribution is 5.95. The first-order valence-electron chi connectivity index (χ1n) is 9.43. The van der Waals surface area contributed by atoms with E-state index in [0.717, 1.165) is 17.0 Å². The van der Waals surface area contributed by atoms with E-state index in [1.807, 2.05) is 6.07 Å². The van der Waals surface area contributed by atoms with Crippen molar-refractivity contribution in [3.63, 3.8) is 0 Å². The summed E-state index contributed by atoms with van der Waals surface area (Å²) < 4.78 is 43.9. The molecule has 2 fully saturated rings. The molecule has 9 heteroatoms. The van der Waals surface area contributed by atoms with Crippen LogP contribution >= 0.6 is 0 Å². The van der Waals surface area contributed by atoms with E-state index < -0.39 is 41.8 Å². The quantitative estimate of drug-likeness (QED) is 0.746. The third kappa shape index (κ3) is 3.60. The molecule has 158 valence electrons. The van der Waals surface area contributed by atoms with E-state index in [2.05, 4.69) is 0 Å². The molecule has 2 aromatic carbocycles. The second-order valence-electron chi connectivity index (χ2n) is 7.17. The van der Waals surface area contributed by atoms with Gasteiger partial charge in [-0.2, -0.15) is 13.2 Å². The number of amides is 2.